The summed E-state index contributed by atoms with van der Waals surface area (Å²) in [6.45, 7) is 3.02. The molecule has 1 saturated heterocycles. The first-order valence-corrected chi connectivity index (χ1v) is 13.7. The topological polar surface area (TPSA) is 58.4 Å². The first-order valence-electron chi connectivity index (χ1n) is 12.1. The van der Waals surface area contributed by atoms with Gasteiger partial charge in [0.25, 0.3) is 5.91 Å². The van der Waals surface area contributed by atoms with Crippen molar-refractivity contribution in [2.24, 2.45) is 0 Å². The summed E-state index contributed by atoms with van der Waals surface area (Å²) in [4.78, 5) is 21.6. The van der Waals surface area contributed by atoms with Gasteiger partial charge < -0.3 is 10.0 Å². The summed E-state index contributed by atoms with van der Waals surface area (Å²) in [6, 6.07) is 19.0. The van der Waals surface area contributed by atoms with Crippen molar-refractivity contribution >= 4 is 40.4 Å². The molecule has 0 aliphatic carbocycles. The van der Waals surface area contributed by atoms with E-state index in [4.69, 9.17) is 28.2 Å². The molecule has 0 bridgehead atoms. The molecule has 0 radical (unpaired) electrons. The number of imidazole rings is 1. The lowest BCUT2D eigenvalue weighted by Crippen LogP contribution is -2.45. The molecule has 5 rings (SSSR count). The van der Waals surface area contributed by atoms with Crippen molar-refractivity contribution in [2.75, 3.05) is 13.1 Å². The molecule has 0 saturated carbocycles. The lowest BCUT2D eigenvalue weighted by Gasteiger charge is -2.37. The lowest BCUT2D eigenvalue weighted by atomic mass is 9.89. The molecule has 2 aromatic heterocycles. The van der Waals surface area contributed by atoms with Crippen molar-refractivity contribution in [1.82, 2.24) is 14.5 Å². The fourth-order valence-corrected chi connectivity index (χ4v) is 6.03. The molecule has 0 spiro atoms. The number of likely N-dealkylation sites (tertiary alicyclic amines) is 1. The Morgan fingerprint density at radius 2 is 1.78 bits per heavy atom. The number of hydrogen-bond donors (Lipinski definition) is 1. The van der Waals surface area contributed by atoms with Crippen molar-refractivity contribution in [2.45, 2.75) is 38.2 Å². The Hall–Kier alpha value is -2.64. The van der Waals surface area contributed by atoms with E-state index < -0.39 is 5.60 Å². The van der Waals surface area contributed by atoms with Crippen LogP contribution in [0.15, 0.2) is 66.0 Å². The van der Waals surface area contributed by atoms with Gasteiger partial charge in [-0.2, -0.15) is 0 Å². The van der Waals surface area contributed by atoms with Crippen LogP contribution in [-0.2, 0) is 12.0 Å². The zero-order chi connectivity index (χ0) is 25.3. The van der Waals surface area contributed by atoms with E-state index in [1.54, 1.807) is 11.3 Å². The smallest absolute Gasteiger partial charge is 0.274 e. The van der Waals surface area contributed by atoms with E-state index in [9.17, 15) is 9.90 Å². The molecule has 5 nitrogen and oxygen atoms in total. The van der Waals surface area contributed by atoms with Crippen LogP contribution in [0, 0.1) is 0 Å². The van der Waals surface area contributed by atoms with E-state index in [1.165, 1.54) is 0 Å². The number of hydrogen-bond acceptors (Lipinski definition) is 4. The molecule has 2 aromatic carbocycles. The standard InChI is InChI=1S/C28H27Cl2N3O2S/c1-2-6-23-25(27(34)32-16-14-28(35,15-17-32)24-9-5-18-36-24)31-26(21-7-3-4-8-22(21)30)33(23)20-12-10-19(29)11-13-20/h3-5,7-13,18,35H,2,6,14-17H2,1H3. The van der Waals surface area contributed by atoms with Gasteiger partial charge in [-0.3, -0.25) is 9.36 Å². The predicted molar refractivity (Wildman–Crippen MR) is 146 cm³/mol. The minimum absolute atomic E-state index is 0.118. The van der Waals surface area contributed by atoms with Crippen LogP contribution in [0.2, 0.25) is 10.0 Å². The van der Waals surface area contributed by atoms with Gasteiger partial charge in [-0.25, -0.2) is 4.98 Å². The lowest BCUT2D eigenvalue weighted by molar-refractivity contribution is -0.0184. The highest BCUT2D eigenvalue weighted by Crippen LogP contribution is 2.37. The molecule has 0 unspecified atom stereocenters. The third-order valence-corrected chi connectivity index (χ3v) is 8.36. The minimum Gasteiger partial charge on any atom is -0.384 e. The van der Waals surface area contributed by atoms with Crippen LogP contribution in [0.1, 0.15) is 47.2 Å². The molecule has 1 aliphatic rings. The molecule has 186 valence electrons. The highest BCUT2D eigenvalue weighted by atomic mass is 35.5. The van der Waals surface area contributed by atoms with E-state index >= 15 is 0 Å². The highest BCUT2D eigenvalue weighted by molar-refractivity contribution is 7.10. The molecular weight excluding hydrogens is 513 g/mol. The monoisotopic (exact) mass is 539 g/mol. The third-order valence-electron chi connectivity index (χ3n) is 6.72. The summed E-state index contributed by atoms with van der Waals surface area (Å²) in [5.41, 5.74) is 2.02. The fourth-order valence-electron chi connectivity index (χ4n) is 4.80. The summed E-state index contributed by atoms with van der Waals surface area (Å²) in [6.07, 6.45) is 2.52. The number of thiophene rings is 1. The Balaban J connectivity index is 1.56. The van der Waals surface area contributed by atoms with Crippen molar-refractivity contribution in [1.29, 1.82) is 0 Å². The van der Waals surface area contributed by atoms with Crippen molar-refractivity contribution in [3.8, 4) is 17.1 Å². The second-order valence-corrected chi connectivity index (χ2v) is 10.9. The van der Waals surface area contributed by atoms with Crippen LogP contribution in [0.5, 0.6) is 0 Å². The summed E-state index contributed by atoms with van der Waals surface area (Å²) >= 11 is 14.3. The van der Waals surface area contributed by atoms with Gasteiger partial charge in [0.15, 0.2) is 5.69 Å². The molecule has 4 aromatic rings. The maximum Gasteiger partial charge on any atom is 0.274 e. The van der Waals surface area contributed by atoms with Gasteiger partial charge in [-0.1, -0.05) is 54.7 Å². The average molecular weight is 541 g/mol. The van der Waals surface area contributed by atoms with Crippen molar-refractivity contribution in [3.63, 3.8) is 0 Å². The SMILES string of the molecule is CCCc1c(C(=O)N2CCC(O)(c3cccs3)CC2)nc(-c2ccccc2Cl)n1-c1ccc(Cl)cc1. The van der Waals surface area contributed by atoms with E-state index in [-0.39, 0.29) is 5.91 Å². The van der Waals surface area contributed by atoms with Gasteiger partial charge in [0, 0.05) is 34.2 Å². The van der Waals surface area contributed by atoms with Crippen LogP contribution in [-0.4, -0.2) is 38.6 Å². The third kappa shape index (κ3) is 4.71. The van der Waals surface area contributed by atoms with E-state index in [2.05, 4.69) is 6.92 Å². The molecule has 3 heterocycles. The minimum atomic E-state index is -0.886. The first kappa shape index (κ1) is 25.0. The highest BCUT2D eigenvalue weighted by Gasteiger charge is 2.38. The van der Waals surface area contributed by atoms with Gasteiger partial charge in [-0.05, 0) is 67.1 Å². The number of rotatable bonds is 6. The van der Waals surface area contributed by atoms with Crippen LogP contribution in [0.4, 0.5) is 0 Å². The first-order chi connectivity index (χ1) is 17.4. The second-order valence-electron chi connectivity index (χ2n) is 9.07. The molecule has 1 N–H and O–H groups in total. The van der Waals surface area contributed by atoms with Gasteiger partial charge in [0.05, 0.1) is 10.7 Å². The number of piperidine rings is 1. The molecule has 1 fully saturated rings. The Kier molecular flexibility index (Phi) is 7.22. The normalized spacial score (nSPS) is 15.3. The van der Waals surface area contributed by atoms with E-state index in [0.29, 0.717) is 53.9 Å². The van der Waals surface area contributed by atoms with E-state index in [1.807, 2.05) is 75.5 Å². The number of carbonyl (C=O) groups excluding carboxylic acids is 1. The predicted octanol–water partition coefficient (Wildman–Crippen LogP) is 6.98. The zero-order valence-electron chi connectivity index (χ0n) is 20.0. The molecule has 8 heteroatoms. The molecule has 0 atom stereocenters. The number of nitrogens with zero attached hydrogens (tertiary/aromatic N) is 3. The molecule has 1 aliphatic heterocycles. The number of carbonyl (C=O) groups is 1. The fraction of sp³-hybridized carbons (Fsp3) is 0.286. The summed E-state index contributed by atoms with van der Waals surface area (Å²) < 4.78 is 2.03. The van der Waals surface area contributed by atoms with Crippen molar-refractivity contribution in [3.05, 3.63) is 92.4 Å². The molecular formula is C28H27Cl2N3O2S. The average Bonchev–Trinajstić information content (AvgIpc) is 3.55. The molecule has 36 heavy (non-hydrogen) atoms. The van der Waals surface area contributed by atoms with Gasteiger partial charge in [0.1, 0.15) is 11.4 Å². The van der Waals surface area contributed by atoms with Crippen LogP contribution >= 0.6 is 34.5 Å². The second kappa shape index (κ2) is 10.4. The zero-order valence-corrected chi connectivity index (χ0v) is 22.3. The van der Waals surface area contributed by atoms with Gasteiger partial charge >= 0.3 is 0 Å². The largest absolute Gasteiger partial charge is 0.384 e. The number of benzene rings is 2. The summed E-state index contributed by atoms with van der Waals surface area (Å²) in [5.74, 6) is 0.509. The quantitative estimate of drug-likeness (QED) is 0.287. The number of aliphatic hydroxyl groups is 1. The number of aromatic nitrogens is 2. The number of halogens is 2. The van der Waals surface area contributed by atoms with Crippen LogP contribution in [0.25, 0.3) is 17.1 Å². The van der Waals surface area contributed by atoms with Crippen LogP contribution < -0.4 is 0 Å². The summed E-state index contributed by atoms with van der Waals surface area (Å²) in [7, 11) is 0. The van der Waals surface area contributed by atoms with Gasteiger partial charge in [0.2, 0.25) is 0 Å². The molecule has 1 amide bonds. The maximum atomic E-state index is 13.9. The summed E-state index contributed by atoms with van der Waals surface area (Å²) in [5, 5.41) is 14.3. The maximum absolute atomic E-state index is 13.9. The number of amides is 1. The Morgan fingerprint density at radius 1 is 1.06 bits per heavy atom. The van der Waals surface area contributed by atoms with Crippen LogP contribution in [0.3, 0.4) is 0 Å². The van der Waals surface area contributed by atoms with E-state index in [0.717, 1.165) is 28.2 Å². The Bertz CT molecular complexity index is 1360. The Morgan fingerprint density at radius 3 is 2.42 bits per heavy atom. The van der Waals surface area contributed by atoms with Gasteiger partial charge in [-0.15, -0.1) is 11.3 Å². The Labute approximate surface area is 224 Å². The van der Waals surface area contributed by atoms with Crippen molar-refractivity contribution < 1.29 is 9.90 Å².